The van der Waals surface area contributed by atoms with Crippen LogP contribution >= 0.6 is 11.3 Å². The molecule has 0 N–H and O–H groups in total. The summed E-state index contributed by atoms with van der Waals surface area (Å²) in [4.78, 5) is 18.8. The number of esters is 1. The van der Waals surface area contributed by atoms with E-state index < -0.39 is 0 Å². The average Bonchev–Trinajstić information content (AvgIpc) is 2.75. The minimum atomic E-state index is -0.322. The van der Waals surface area contributed by atoms with Crippen molar-refractivity contribution in [2.24, 2.45) is 5.92 Å². The van der Waals surface area contributed by atoms with Crippen LogP contribution in [0, 0.1) is 12.8 Å². The minimum absolute atomic E-state index is 0.322. The summed E-state index contributed by atoms with van der Waals surface area (Å²) in [6.45, 7) is 8.43. The number of aryl methyl sites for hydroxylation is 1. The summed E-state index contributed by atoms with van der Waals surface area (Å²) in [5.74, 6) is 0.195. The molecule has 1 heterocycles. The minimum Gasteiger partial charge on any atom is -0.465 e. The molecule has 0 atom stereocenters. The first-order valence-corrected chi connectivity index (χ1v) is 7.10. The Morgan fingerprint density at radius 2 is 2.11 bits per heavy atom. The largest absolute Gasteiger partial charge is 0.465 e. The molecule has 0 spiro atoms. The van der Waals surface area contributed by atoms with E-state index in [1.54, 1.807) is 7.11 Å². The van der Waals surface area contributed by atoms with Crippen LogP contribution in [0.25, 0.3) is 0 Å². The molecule has 19 heavy (non-hydrogen) atoms. The fourth-order valence-electron chi connectivity index (χ4n) is 1.71. The van der Waals surface area contributed by atoms with Crippen LogP contribution in [-0.4, -0.2) is 44.9 Å². The van der Waals surface area contributed by atoms with Crippen LogP contribution in [0.3, 0.4) is 0 Å². The van der Waals surface area contributed by atoms with E-state index in [4.69, 9.17) is 9.47 Å². The average molecular weight is 286 g/mol. The number of aromatic nitrogens is 1. The summed E-state index contributed by atoms with van der Waals surface area (Å²) in [6.07, 6.45) is 0. The van der Waals surface area contributed by atoms with Crippen molar-refractivity contribution in [1.82, 2.24) is 4.98 Å². The molecule has 5 nitrogen and oxygen atoms in total. The van der Waals surface area contributed by atoms with Gasteiger partial charge in [0.25, 0.3) is 0 Å². The van der Waals surface area contributed by atoms with Crippen LogP contribution in [0.4, 0.5) is 5.13 Å². The molecule has 0 saturated carbocycles. The van der Waals surface area contributed by atoms with Gasteiger partial charge in [0.2, 0.25) is 0 Å². The fraction of sp³-hybridized carbons (Fsp3) is 0.692. The molecular formula is C13H22N2O3S. The van der Waals surface area contributed by atoms with Crippen LogP contribution in [-0.2, 0) is 9.47 Å². The number of hydrogen-bond acceptors (Lipinski definition) is 6. The quantitative estimate of drug-likeness (QED) is 0.720. The van der Waals surface area contributed by atoms with Gasteiger partial charge in [-0.1, -0.05) is 25.2 Å². The zero-order valence-electron chi connectivity index (χ0n) is 12.2. The number of thiazole rings is 1. The fourth-order valence-corrected chi connectivity index (χ4v) is 2.73. The molecule has 1 aromatic heterocycles. The lowest BCUT2D eigenvalue weighted by Gasteiger charge is -2.23. The number of carbonyl (C=O) groups is 1. The molecule has 0 aliphatic rings. The molecule has 0 amide bonds. The second-order valence-electron chi connectivity index (χ2n) is 4.74. The summed E-state index contributed by atoms with van der Waals surface area (Å²) in [5.41, 5.74) is 0.720. The lowest BCUT2D eigenvalue weighted by atomic mass is 10.2. The molecule has 0 fully saturated rings. The number of methoxy groups -OCH3 is 2. The van der Waals surface area contributed by atoms with Gasteiger partial charge in [-0.2, -0.15) is 0 Å². The van der Waals surface area contributed by atoms with E-state index in [0.717, 1.165) is 23.9 Å². The van der Waals surface area contributed by atoms with Crippen molar-refractivity contribution in [3.8, 4) is 0 Å². The summed E-state index contributed by atoms with van der Waals surface area (Å²) >= 11 is 1.38. The Morgan fingerprint density at radius 1 is 1.42 bits per heavy atom. The zero-order chi connectivity index (χ0) is 14.4. The first kappa shape index (κ1) is 15.9. The molecule has 108 valence electrons. The third-order valence-corrected chi connectivity index (χ3v) is 3.78. The van der Waals surface area contributed by atoms with Gasteiger partial charge in [-0.3, -0.25) is 0 Å². The van der Waals surface area contributed by atoms with Crippen molar-refractivity contribution in [3.05, 3.63) is 10.6 Å². The molecule has 0 unspecified atom stereocenters. The van der Waals surface area contributed by atoms with Crippen molar-refractivity contribution in [3.63, 3.8) is 0 Å². The highest BCUT2D eigenvalue weighted by Gasteiger charge is 2.19. The predicted octanol–water partition coefficient (Wildman–Crippen LogP) is 2.35. The maximum absolute atomic E-state index is 11.6. The number of ether oxygens (including phenoxy) is 2. The van der Waals surface area contributed by atoms with Gasteiger partial charge in [0.15, 0.2) is 5.13 Å². The first-order chi connectivity index (χ1) is 8.99. The number of rotatable bonds is 7. The molecular weight excluding hydrogens is 264 g/mol. The molecule has 0 saturated heterocycles. The Kier molecular flexibility index (Phi) is 6.24. The van der Waals surface area contributed by atoms with Crippen LogP contribution in [0.2, 0.25) is 0 Å². The third kappa shape index (κ3) is 4.47. The highest BCUT2D eigenvalue weighted by molar-refractivity contribution is 7.17. The van der Waals surface area contributed by atoms with E-state index in [-0.39, 0.29) is 5.97 Å². The number of hydrogen-bond donors (Lipinski definition) is 0. The van der Waals surface area contributed by atoms with Crippen LogP contribution < -0.4 is 4.90 Å². The van der Waals surface area contributed by atoms with Crippen LogP contribution in [0.1, 0.15) is 29.2 Å². The molecule has 0 bridgehead atoms. The van der Waals surface area contributed by atoms with Crippen LogP contribution in [0.5, 0.6) is 0 Å². The molecule has 0 aliphatic carbocycles. The molecule has 0 radical (unpaired) electrons. The molecule has 0 aliphatic heterocycles. The van der Waals surface area contributed by atoms with Gasteiger partial charge in [0.1, 0.15) is 4.88 Å². The number of carbonyl (C=O) groups excluding carboxylic acids is 1. The highest BCUT2D eigenvalue weighted by Crippen LogP contribution is 2.27. The molecule has 0 aromatic carbocycles. The Hall–Kier alpha value is -1.14. The number of nitrogens with zero attached hydrogens (tertiary/aromatic N) is 2. The predicted molar refractivity (Wildman–Crippen MR) is 77.1 cm³/mol. The van der Waals surface area contributed by atoms with Gasteiger partial charge in [0.05, 0.1) is 19.4 Å². The summed E-state index contributed by atoms with van der Waals surface area (Å²) < 4.78 is 9.89. The second-order valence-corrected chi connectivity index (χ2v) is 5.71. The van der Waals surface area contributed by atoms with E-state index in [1.165, 1.54) is 18.4 Å². The summed E-state index contributed by atoms with van der Waals surface area (Å²) in [7, 11) is 3.07. The van der Waals surface area contributed by atoms with Crippen molar-refractivity contribution in [2.75, 3.05) is 38.8 Å². The van der Waals surface area contributed by atoms with Gasteiger partial charge in [0, 0.05) is 20.2 Å². The Bertz CT molecular complexity index is 418. The number of anilines is 1. The Morgan fingerprint density at radius 3 is 2.63 bits per heavy atom. The zero-order valence-corrected chi connectivity index (χ0v) is 13.0. The molecule has 1 rings (SSSR count). The third-order valence-electron chi connectivity index (χ3n) is 2.58. The molecule has 1 aromatic rings. The second kappa shape index (κ2) is 7.45. The SMILES string of the molecule is COCCN(CC(C)C)c1nc(C)c(C(=O)OC)s1. The van der Waals surface area contributed by atoms with Crippen molar-refractivity contribution in [2.45, 2.75) is 20.8 Å². The van der Waals surface area contributed by atoms with Gasteiger partial charge >= 0.3 is 5.97 Å². The summed E-state index contributed by atoms with van der Waals surface area (Å²) in [5, 5.41) is 0.851. The highest BCUT2D eigenvalue weighted by atomic mass is 32.1. The molecule has 6 heteroatoms. The van der Waals surface area contributed by atoms with E-state index >= 15 is 0 Å². The summed E-state index contributed by atoms with van der Waals surface area (Å²) in [6, 6.07) is 0. The van der Waals surface area contributed by atoms with Gasteiger partial charge in [-0.05, 0) is 12.8 Å². The smallest absolute Gasteiger partial charge is 0.350 e. The maximum Gasteiger partial charge on any atom is 0.350 e. The lowest BCUT2D eigenvalue weighted by molar-refractivity contribution is 0.0605. The maximum atomic E-state index is 11.6. The van der Waals surface area contributed by atoms with Crippen molar-refractivity contribution < 1.29 is 14.3 Å². The topological polar surface area (TPSA) is 51.7 Å². The lowest BCUT2D eigenvalue weighted by Crippen LogP contribution is -2.30. The Balaban J connectivity index is 2.92. The Labute approximate surface area is 118 Å². The van der Waals surface area contributed by atoms with E-state index in [0.29, 0.717) is 17.4 Å². The van der Waals surface area contributed by atoms with Gasteiger partial charge < -0.3 is 14.4 Å². The standard InChI is InChI=1S/C13H22N2O3S/c1-9(2)8-15(6-7-17-4)13-14-10(3)11(19-13)12(16)18-5/h9H,6-8H2,1-5H3. The normalized spacial score (nSPS) is 10.8. The van der Waals surface area contributed by atoms with E-state index in [2.05, 4.69) is 23.7 Å². The van der Waals surface area contributed by atoms with E-state index in [1.807, 2.05) is 6.92 Å². The van der Waals surface area contributed by atoms with Crippen molar-refractivity contribution >= 4 is 22.4 Å². The van der Waals surface area contributed by atoms with Gasteiger partial charge in [-0.25, -0.2) is 9.78 Å². The van der Waals surface area contributed by atoms with E-state index in [9.17, 15) is 4.79 Å². The van der Waals surface area contributed by atoms with Crippen molar-refractivity contribution in [1.29, 1.82) is 0 Å². The first-order valence-electron chi connectivity index (χ1n) is 6.29. The van der Waals surface area contributed by atoms with Crippen LogP contribution in [0.15, 0.2) is 0 Å². The van der Waals surface area contributed by atoms with Gasteiger partial charge in [-0.15, -0.1) is 0 Å². The monoisotopic (exact) mass is 286 g/mol.